The van der Waals surface area contributed by atoms with Gasteiger partial charge in [0.1, 0.15) is 5.76 Å². The molecule has 2 atom stereocenters. The Kier molecular flexibility index (Phi) is 4.07. The third kappa shape index (κ3) is 3.10. The Hall–Kier alpha value is -0.900. The number of carboxylic acids is 1. The Morgan fingerprint density at radius 3 is 2.86 bits per heavy atom. The lowest BCUT2D eigenvalue weighted by molar-refractivity contribution is -0.140. The van der Waals surface area contributed by atoms with Crippen LogP contribution in [0, 0.1) is 5.92 Å². The molecule has 0 spiro atoms. The first kappa shape index (κ1) is 11.2. The van der Waals surface area contributed by atoms with Gasteiger partial charge in [0, 0.05) is 5.25 Å². The van der Waals surface area contributed by atoms with E-state index in [1.54, 1.807) is 24.9 Å². The minimum atomic E-state index is -0.746. The third-order valence-electron chi connectivity index (χ3n) is 2.16. The highest BCUT2D eigenvalue weighted by Crippen LogP contribution is 2.23. The molecule has 1 rings (SSSR count). The summed E-state index contributed by atoms with van der Waals surface area (Å²) in [4.78, 5) is 10.7. The van der Waals surface area contributed by atoms with E-state index in [-0.39, 0.29) is 11.2 Å². The lowest BCUT2D eigenvalue weighted by atomic mass is 10.1. The summed E-state index contributed by atoms with van der Waals surface area (Å²) in [6.45, 7) is 3.65. The number of carboxylic acid groups (broad SMARTS) is 1. The first-order valence-electron chi connectivity index (χ1n) is 4.48. The van der Waals surface area contributed by atoms with Gasteiger partial charge in [-0.3, -0.25) is 4.79 Å². The van der Waals surface area contributed by atoms with Gasteiger partial charge in [-0.05, 0) is 12.1 Å². The monoisotopic (exact) mass is 214 g/mol. The zero-order valence-electron chi connectivity index (χ0n) is 8.27. The number of carbonyl (C=O) groups is 1. The van der Waals surface area contributed by atoms with Crippen molar-refractivity contribution in [2.45, 2.75) is 24.9 Å². The van der Waals surface area contributed by atoms with E-state index in [0.29, 0.717) is 0 Å². The van der Waals surface area contributed by atoms with Gasteiger partial charge in [0.15, 0.2) is 0 Å². The molecule has 0 radical (unpaired) electrons. The van der Waals surface area contributed by atoms with Crippen molar-refractivity contribution < 1.29 is 14.3 Å². The van der Waals surface area contributed by atoms with Crippen molar-refractivity contribution in [2.75, 3.05) is 0 Å². The summed E-state index contributed by atoms with van der Waals surface area (Å²) in [6, 6.07) is 3.73. The molecule has 0 fully saturated rings. The quantitative estimate of drug-likeness (QED) is 0.818. The maximum atomic E-state index is 10.7. The van der Waals surface area contributed by atoms with Crippen LogP contribution in [0.3, 0.4) is 0 Å². The molecule has 14 heavy (non-hydrogen) atoms. The lowest BCUT2D eigenvalue weighted by Gasteiger charge is -2.14. The molecule has 1 N–H and O–H groups in total. The first-order valence-corrected chi connectivity index (χ1v) is 5.53. The van der Waals surface area contributed by atoms with Crippen LogP contribution in [-0.2, 0) is 10.5 Å². The number of aliphatic carboxylic acids is 1. The van der Waals surface area contributed by atoms with Crippen LogP contribution < -0.4 is 0 Å². The summed E-state index contributed by atoms with van der Waals surface area (Å²) in [5, 5.41) is 8.87. The molecule has 2 unspecified atom stereocenters. The van der Waals surface area contributed by atoms with E-state index >= 15 is 0 Å². The predicted octanol–water partition coefficient (Wildman–Crippen LogP) is 2.62. The van der Waals surface area contributed by atoms with Crippen molar-refractivity contribution >= 4 is 17.7 Å². The van der Waals surface area contributed by atoms with Crippen molar-refractivity contribution in [3.63, 3.8) is 0 Å². The van der Waals surface area contributed by atoms with Crippen LogP contribution in [0.4, 0.5) is 0 Å². The van der Waals surface area contributed by atoms with Gasteiger partial charge in [0.25, 0.3) is 0 Å². The largest absolute Gasteiger partial charge is 0.481 e. The highest BCUT2D eigenvalue weighted by atomic mass is 32.2. The van der Waals surface area contributed by atoms with Gasteiger partial charge in [-0.15, -0.1) is 11.8 Å². The molecule has 78 valence electrons. The number of furan rings is 1. The summed E-state index contributed by atoms with van der Waals surface area (Å²) >= 11 is 1.60. The standard InChI is InChI=1S/C10H14O3S/c1-7(10(11)12)8(2)14-6-9-4-3-5-13-9/h3-5,7-8H,6H2,1-2H3,(H,11,12). The van der Waals surface area contributed by atoms with E-state index in [9.17, 15) is 4.79 Å². The van der Waals surface area contributed by atoms with E-state index in [4.69, 9.17) is 9.52 Å². The van der Waals surface area contributed by atoms with Crippen molar-refractivity contribution in [2.24, 2.45) is 5.92 Å². The second kappa shape index (κ2) is 5.10. The molecule has 3 nitrogen and oxygen atoms in total. The molecule has 1 heterocycles. The van der Waals surface area contributed by atoms with Crippen LogP contribution in [-0.4, -0.2) is 16.3 Å². The van der Waals surface area contributed by atoms with Gasteiger partial charge in [-0.25, -0.2) is 0 Å². The molecule has 0 saturated carbocycles. The van der Waals surface area contributed by atoms with Crippen LogP contribution in [0.1, 0.15) is 19.6 Å². The van der Waals surface area contributed by atoms with Crippen molar-refractivity contribution in [3.05, 3.63) is 24.2 Å². The number of thioether (sulfide) groups is 1. The lowest BCUT2D eigenvalue weighted by Crippen LogP contribution is -2.20. The molecular weight excluding hydrogens is 200 g/mol. The van der Waals surface area contributed by atoms with Gasteiger partial charge in [-0.1, -0.05) is 13.8 Å². The van der Waals surface area contributed by atoms with E-state index in [2.05, 4.69) is 0 Å². The molecule has 0 amide bonds. The fourth-order valence-electron chi connectivity index (χ4n) is 0.953. The Balaban J connectivity index is 2.34. The molecule has 0 saturated heterocycles. The highest BCUT2D eigenvalue weighted by Gasteiger charge is 2.19. The van der Waals surface area contributed by atoms with E-state index in [1.807, 2.05) is 19.1 Å². The van der Waals surface area contributed by atoms with Gasteiger partial charge < -0.3 is 9.52 Å². The molecule has 0 aromatic carbocycles. The van der Waals surface area contributed by atoms with E-state index in [0.717, 1.165) is 11.5 Å². The Morgan fingerprint density at radius 1 is 1.64 bits per heavy atom. The summed E-state index contributed by atoms with van der Waals surface area (Å²) in [5.74, 6) is 0.546. The maximum absolute atomic E-state index is 10.7. The summed E-state index contributed by atoms with van der Waals surface area (Å²) in [6.07, 6.45) is 1.63. The van der Waals surface area contributed by atoms with Gasteiger partial charge in [-0.2, -0.15) is 0 Å². The second-order valence-electron chi connectivity index (χ2n) is 3.22. The predicted molar refractivity (Wildman–Crippen MR) is 56.3 cm³/mol. The van der Waals surface area contributed by atoms with Gasteiger partial charge in [0.2, 0.25) is 0 Å². The zero-order chi connectivity index (χ0) is 10.6. The van der Waals surface area contributed by atoms with Gasteiger partial charge >= 0.3 is 5.97 Å². The second-order valence-corrected chi connectivity index (χ2v) is 4.59. The average molecular weight is 214 g/mol. The Morgan fingerprint density at radius 2 is 2.36 bits per heavy atom. The fraction of sp³-hybridized carbons (Fsp3) is 0.500. The first-order chi connectivity index (χ1) is 6.61. The van der Waals surface area contributed by atoms with E-state index < -0.39 is 5.97 Å². The summed E-state index contributed by atoms with van der Waals surface area (Å²) in [7, 11) is 0. The Bertz CT molecular complexity index is 282. The molecule has 0 aliphatic rings. The maximum Gasteiger partial charge on any atom is 0.307 e. The zero-order valence-corrected chi connectivity index (χ0v) is 9.08. The minimum Gasteiger partial charge on any atom is -0.481 e. The fourth-order valence-corrected chi connectivity index (χ4v) is 1.95. The summed E-state index contributed by atoms with van der Waals surface area (Å²) < 4.78 is 5.16. The third-order valence-corrected chi connectivity index (χ3v) is 3.55. The van der Waals surface area contributed by atoms with Crippen LogP contribution in [0.25, 0.3) is 0 Å². The van der Waals surface area contributed by atoms with E-state index in [1.165, 1.54) is 0 Å². The number of hydrogen-bond acceptors (Lipinski definition) is 3. The van der Waals surface area contributed by atoms with Crippen LogP contribution >= 0.6 is 11.8 Å². The normalized spacial score (nSPS) is 15.0. The highest BCUT2D eigenvalue weighted by molar-refractivity contribution is 7.99. The van der Waals surface area contributed by atoms with Gasteiger partial charge in [0.05, 0.1) is 17.9 Å². The molecule has 1 aromatic rings. The molecule has 4 heteroatoms. The minimum absolute atomic E-state index is 0.0950. The topological polar surface area (TPSA) is 50.4 Å². The molecule has 1 aromatic heterocycles. The molecule has 0 bridgehead atoms. The summed E-state index contributed by atoms with van der Waals surface area (Å²) in [5.41, 5.74) is 0. The number of rotatable bonds is 5. The average Bonchev–Trinajstić information content (AvgIpc) is 2.65. The number of hydrogen-bond donors (Lipinski definition) is 1. The Labute approximate surface area is 87.5 Å². The SMILES string of the molecule is CC(SCc1ccco1)C(C)C(=O)O. The molecule has 0 aliphatic heterocycles. The smallest absolute Gasteiger partial charge is 0.307 e. The van der Waals surface area contributed by atoms with Crippen LogP contribution in [0.5, 0.6) is 0 Å². The van der Waals surface area contributed by atoms with Crippen molar-refractivity contribution in [3.8, 4) is 0 Å². The molecule has 0 aliphatic carbocycles. The van der Waals surface area contributed by atoms with Crippen molar-refractivity contribution in [1.29, 1.82) is 0 Å². The molecular formula is C10H14O3S. The van der Waals surface area contributed by atoms with Crippen molar-refractivity contribution in [1.82, 2.24) is 0 Å². The van der Waals surface area contributed by atoms with Crippen LogP contribution in [0.2, 0.25) is 0 Å². The van der Waals surface area contributed by atoms with Crippen LogP contribution in [0.15, 0.2) is 22.8 Å².